The van der Waals surface area contributed by atoms with Crippen molar-refractivity contribution in [3.8, 4) is 5.75 Å². The summed E-state index contributed by atoms with van der Waals surface area (Å²) in [5.41, 5.74) is 6.81. The predicted molar refractivity (Wildman–Crippen MR) is 50.8 cm³/mol. The Hall–Kier alpha value is -1.29. The third kappa shape index (κ3) is 1.65. The van der Waals surface area contributed by atoms with Crippen molar-refractivity contribution < 1.29 is 13.9 Å². The standard InChI is InChI=1S/C10H12FNO2/c1-6-2-10(8(11)3-9(6)12)14-7-4-13-5-7/h2-3,7H,4-5,12H2,1H3. The lowest BCUT2D eigenvalue weighted by atomic mass is 10.2. The van der Waals surface area contributed by atoms with Crippen LogP contribution in [0.4, 0.5) is 10.1 Å². The van der Waals surface area contributed by atoms with Crippen LogP contribution in [0.2, 0.25) is 0 Å². The molecule has 2 rings (SSSR count). The van der Waals surface area contributed by atoms with E-state index in [0.717, 1.165) is 5.56 Å². The lowest BCUT2D eigenvalue weighted by Crippen LogP contribution is -2.38. The van der Waals surface area contributed by atoms with E-state index in [2.05, 4.69) is 0 Å². The minimum Gasteiger partial charge on any atom is -0.483 e. The Morgan fingerprint density at radius 1 is 1.50 bits per heavy atom. The van der Waals surface area contributed by atoms with Gasteiger partial charge in [0.15, 0.2) is 11.6 Å². The lowest BCUT2D eigenvalue weighted by Gasteiger charge is -2.27. The molecule has 0 aromatic heterocycles. The average Bonchev–Trinajstić information content (AvgIpc) is 2.06. The summed E-state index contributed by atoms with van der Waals surface area (Å²) in [7, 11) is 0. The average molecular weight is 197 g/mol. The first kappa shape index (κ1) is 9.27. The molecule has 1 aromatic rings. The highest BCUT2D eigenvalue weighted by molar-refractivity contribution is 5.50. The molecule has 76 valence electrons. The van der Waals surface area contributed by atoms with Gasteiger partial charge in [-0.3, -0.25) is 0 Å². The molecular weight excluding hydrogens is 185 g/mol. The minimum atomic E-state index is -0.417. The zero-order valence-corrected chi connectivity index (χ0v) is 7.92. The Labute approximate surface area is 81.6 Å². The van der Waals surface area contributed by atoms with Crippen molar-refractivity contribution in [3.05, 3.63) is 23.5 Å². The fraction of sp³-hybridized carbons (Fsp3) is 0.400. The van der Waals surface area contributed by atoms with Gasteiger partial charge in [0.1, 0.15) is 6.10 Å². The van der Waals surface area contributed by atoms with E-state index >= 15 is 0 Å². The minimum absolute atomic E-state index is 0.0208. The van der Waals surface area contributed by atoms with Crippen molar-refractivity contribution in [1.82, 2.24) is 0 Å². The summed E-state index contributed by atoms with van der Waals surface area (Å²) in [6, 6.07) is 2.90. The maximum Gasteiger partial charge on any atom is 0.167 e. The zero-order chi connectivity index (χ0) is 10.1. The van der Waals surface area contributed by atoms with E-state index < -0.39 is 5.82 Å². The fourth-order valence-corrected chi connectivity index (χ4v) is 1.22. The van der Waals surface area contributed by atoms with Gasteiger partial charge in [-0.1, -0.05) is 0 Å². The monoisotopic (exact) mass is 197 g/mol. The Morgan fingerprint density at radius 3 is 2.79 bits per heavy atom. The summed E-state index contributed by atoms with van der Waals surface area (Å²) in [5, 5.41) is 0. The highest BCUT2D eigenvalue weighted by Crippen LogP contribution is 2.25. The van der Waals surface area contributed by atoms with Crippen molar-refractivity contribution in [2.75, 3.05) is 18.9 Å². The number of hydrogen-bond acceptors (Lipinski definition) is 3. The molecule has 4 heteroatoms. The predicted octanol–water partition coefficient (Wildman–Crippen LogP) is 1.49. The first-order chi connectivity index (χ1) is 6.66. The van der Waals surface area contributed by atoms with Crippen LogP contribution in [0.1, 0.15) is 5.56 Å². The van der Waals surface area contributed by atoms with Gasteiger partial charge in [-0.25, -0.2) is 4.39 Å². The number of halogens is 1. The molecule has 1 heterocycles. The number of anilines is 1. The molecule has 3 nitrogen and oxygen atoms in total. The normalized spacial score (nSPS) is 16.4. The van der Waals surface area contributed by atoms with Crippen LogP contribution < -0.4 is 10.5 Å². The van der Waals surface area contributed by atoms with E-state index in [4.69, 9.17) is 15.2 Å². The highest BCUT2D eigenvalue weighted by atomic mass is 19.1. The van der Waals surface area contributed by atoms with Gasteiger partial charge in [-0.15, -0.1) is 0 Å². The van der Waals surface area contributed by atoms with Gasteiger partial charge in [-0.05, 0) is 18.6 Å². The number of hydrogen-bond donors (Lipinski definition) is 1. The summed E-state index contributed by atoms with van der Waals surface area (Å²) >= 11 is 0. The van der Waals surface area contributed by atoms with Crippen LogP contribution in [0.25, 0.3) is 0 Å². The molecule has 1 aliphatic rings. The first-order valence-electron chi connectivity index (χ1n) is 4.47. The maximum atomic E-state index is 13.3. The topological polar surface area (TPSA) is 44.5 Å². The van der Waals surface area contributed by atoms with Crippen LogP contribution in [-0.4, -0.2) is 19.3 Å². The highest BCUT2D eigenvalue weighted by Gasteiger charge is 2.21. The molecular formula is C10H12FNO2. The molecule has 0 aliphatic carbocycles. The second kappa shape index (κ2) is 3.46. The fourth-order valence-electron chi connectivity index (χ4n) is 1.22. The Kier molecular flexibility index (Phi) is 2.29. The molecule has 2 N–H and O–H groups in total. The van der Waals surface area contributed by atoms with Gasteiger partial charge in [0.25, 0.3) is 0 Å². The van der Waals surface area contributed by atoms with Crippen molar-refractivity contribution in [1.29, 1.82) is 0 Å². The van der Waals surface area contributed by atoms with E-state index in [1.165, 1.54) is 6.07 Å². The van der Waals surface area contributed by atoms with Crippen molar-refractivity contribution in [2.24, 2.45) is 0 Å². The molecule has 0 atom stereocenters. The van der Waals surface area contributed by atoms with Crippen molar-refractivity contribution in [2.45, 2.75) is 13.0 Å². The molecule has 0 bridgehead atoms. The largest absolute Gasteiger partial charge is 0.483 e. The molecule has 1 aromatic carbocycles. The van der Waals surface area contributed by atoms with Crippen LogP contribution in [0.5, 0.6) is 5.75 Å². The summed E-state index contributed by atoms with van der Waals surface area (Å²) in [6.07, 6.45) is -0.0208. The van der Waals surface area contributed by atoms with Gasteiger partial charge in [0.05, 0.1) is 13.2 Å². The molecule has 0 saturated carbocycles. The number of aryl methyl sites for hydroxylation is 1. The van der Waals surface area contributed by atoms with Gasteiger partial charge < -0.3 is 15.2 Å². The van der Waals surface area contributed by atoms with Crippen LogP contribution in [-0.2, 0) is 4.74 Å². The number of nitrogen functional groups attached to an aromatic ring is 1. The second-order valence-corrected chi connectivity index (χ2v) is 3.42. The van der Waals surface area contributed by atoms with Gasteiger partial charge in [-0.2, -0.15) is 0 Å². The van der Waals surface area contributed by atoms with Crippen LogP contribution in [0.15, 0.2) is 12.1 Å². The smallest absolute Gasteiger partial charge is 0.167 e. The van der Waals surface area contributed by atoms with Gasteiger partial charge in [0.2, 0.25) is 0 Å². The van der Waals surface area contributed by atoms with Crippen LogP contribution >= 0.6 is 0 Å². The maximum absolute atomic E-state index is 13.3. The molecule has 1 aliphatic heterocycles. The Morgan fingerprint density at radius 2 is 2.21 bits per heavy atom. The third-order valence-electron chi connectivity index (χ3n) is 2.22. The molecule has 0 amide bonds. The van der Waals surface area contributed by atoms with E-state index in [0.29, 0.717) is 18.9 Å². The van der Waals surface area contributed by atoms with Gasteiger partial charge in [0, 0.05) is 11.8 Å². The van der Waals surface area contributed by atoms with Crippen molar-refractivity contribution >= 4 is 5.69 Å². The Balaban J connectivity index is 2.19. The van der Waals surface area contributed by atoms with E-state index in [9.17, 15) is 4.39 Å². The van der Waals surface area contributed by atoms with Crippen molar-refractivity contribution in [3.63, 3.8) is 0 Å². The SMILES string of the molecule is Cc1cc(OC2COC2)c(F)cc1N. The molecule has 0 unspecified atom stereocenters. The van der Waals surface area contributed by atoms with E-state index in [-0.39, 0.29) is 11.9 Å². The molecule has 0 spiro atoms. The number of rotatable bonds is 2. The Bertz CT molecular complexity index is 350. The lowest BCUT2D eigenvalue weighted by molar-refractivity contribution is -0.0809. The second-order valence-electron chi connectivity index (χ2n) is 3.42. The number of benzene rings is 1. The third-order valence-corrected chi connectivity index (χ3v) is 2.22. The molecule has 0 radical (unpaired) electrons. The molecule has 14 heavy (non-hydrogen) atoms. The molecule has 1 fully saturated rings. The summed E-state index contributed by atoms with van der Waals surface area (Å²) < 4.78 is 23.6. The van der Waals surface area contributed by atoms with E-state index in [1.54, 1.807) is 6.07 Å². The first-order valence-corrected chi connectivity index (χ1v) is 4.47. The molecule has 1 saturated heterocycles. The summed E-state index contributed by atoms with van der Waals surface area (Å²) in [6.45, 7) is 2.88. The number of ether oxygens (including phenoxy) is 2. The van der Waals surface area contributed by atoms with E-state index in [1.807, 2.05) is 6.92 Å². The summed E-state index contributed by atoms with van der Waals surface area (Å²) in [4.78, 5) is 0. The summed E-state index contributed by atoms with van der Waals surface area (Å²) in [5.74, 6) is -0.162. The van der Waals surface area contributed by atoms with Crippen LogP contribution in [0, 0.1) is 12.7 Å². The quantitative estimate of drug-likeness (QED) is 0.730. The van der Waals surface area contributed by atoms with Gasteiger partial charge >= 0.3 is 0 Å². The van der Waals surface area contributed by atoms with Crippen LogP contribution in [0.3, 0.4) is 0 Å². The number of nitrogens with two attached hydrogens (primary N) is 1. The zero-order valence-electron chi connectivity index (χ0n) is 7.92.